The van der Waals surface area contributed by atoms with Crippen LogP contribution in [-0.4, -0.2) is 24.3 Å². The van der Waals surface area contributed by atoms with Crippen LogP contribution in [0, 0.1) is 0 Å². The fourth-order valence-electron chi connectivity index (χ4n) is 2.25. The quantitative estimate of drug-likeness (QED) is 0.830. The van der Waals surface area contributed by atoms with Gasteiger partial charge in [0.25, 0.3) is 0 Å². The molecule has 4 nitrogen and oxygen atoms in total. The van der Waals surface area contributed by atoms with E-state index >= 15 is 0 Å². The molecular formula is C15H20O4. The maximum Gasteiger partial charge on any atom is 0.199 e. The van der Waals surface area contributed by atoms with Crippen LogP contribution in [0.5, 0.6) is 11.5 Å². The van der Waals surface area contributed by atoms with Gasteiger partial charge in [-0.15, -0.1) is 0 Å². The van der Waals surface area contributed by atoms with Crippen LogP contribution in [0.1, 0.15) is 48.5 Å². The Morgan fingerprint density at radius 2 is 2.32 bits per heavy atom. The number of hydrogen-bond donors (Lipinski definition) is 1. The van der Waals surface area contributed by atoms with Gasteiger partial charge in [-0.1, -0.05) is 13.3 Å². The monoisotopic (exact) mass is 264 g/mol. The second-order valence-corrected chi connectivity index (χ2v) is 4.80. The van der Waals surface area contributed by atoms with Gasteiger partial charge in [0.05, 0.1) is 12.2 Å². The molecule has 1 saturated heterocycles. The molecule has 1 heterocycles. The maximum absolute atomic E-state index is 10.9. The van der Waals surface area contributed by atoms with Crippen molar-refractivity contribution in [3.05, 3.63) is 23.3 Å². The van der Waals surface area contributed by atoms with Gasteiger partial charge < -0.3 is 14.6 Å². The molecule has 0 saturated carbocycles. The standard InChI is InChI=1S/C15H20O4/c1-2-5-11-8-12(10-16)13(17)9-14(11)19-15-6-3-4-7-18-15/h8-10,15,17H,2-7H2,1H3/t15-/m1/s1. The lowest BCUT2D eigenvalue weighted by Crippen LogP contribution is -2.25. The van der Waals surface area contributed by atoms with E-state index < -0.39 is 0 Å². The Balaban J connectivity index is 2.21. The predicted octanol–water partition coefficient (Wildman–Crippen LogP) is 3.06. The van der Waals surface area contributed by atoms with E-state index in [1.54, 1.807) is 6.07 Å². The van der Waals surface area contributed by atoms with Crippen molar-refractivity contribution in [1.29, 1.82) is 0 Å². The summed E-state index contributed by atoms with van der Waals surface area (Å²) in [5.41, 5.74) is 1.25. The summed E-state index contributed by atoms with van der Waals surface area (Å²) >= 11 is 0. The highest BCUT2D eigenvalue weighted by molar-refractivity contribution is 5.80. The molecule has 1 aromatic carbocycles. The van der Waals surface area contributed by atoms with E-state index in [9.17, 15) is 9.90 Å². The number of phenols is 1. The van der Waals surface area contributed by atoms with Crippen LogP contribution in [0.25, 0.3) is 0 Å². The molecule has 0 spiro atoms. The zero-order valence-corrected chi connectivity index (χ0v) is 11.2. The van der Waals surface area contributed by atoms with Crippen LogP contribution in [0.2, 0.25) is 0 Å². The van der Waals surface area contributed by atoms with Crippen LogP contribution in [0.4, 0.5) is 0 Å². The number of ether oxygens (including phenoxy) is 2. The van der Waals surface area contributed by atoms with Crippen LogP contribution < -0.4 is 4.74 Å². The lowest BCUT2D eigenvalue weighted by atomic mass is 10.0. The summed E-state index contributed by atoms with van der Waals surface area (Å²) in [6.07, 6.45) is 5.19. The van der Waals surface area contributed by atoms with Crippen molar-refractivity contribution in [1.82, 2.24) is 0 Å². The normalized spacial score (nSPS) is 19.1. The minimum Gasteiger partial charge on any atom is -0.507 e. The van der Waals surface area contributed by atoms with Crippen molar-refractivity contribution in [3.8, 4) is 11.5 Å². The van der Waals surface area contributed by atoms with E-state index in [1.165, 1.54) is 6.07 Å². The summed E-state index contributed by atoms with van der Waals surface area (Å²) in [6.45, 7) is 2.78. The topological polar surface area (TPSA) is 55.8 Å². The highest BCUT2D eigenvalue weighted by Gasteiger charge is 2.18. The van der Waals surface area contributed by atoms with Crippen molar-refractivity contribution in [3.63, 3.8) is 0 Å². The molecule has 1 atom stereocenters. The molecule has 0 aromatic heterocycles. The number of carbonyl (C=O) groups excluding carboxylic acids is 1. The van der Waals surface area contributed by atoms with Crippen LogP contribution in [0.3, 0.4) is 0 Å². The van der Waals surface area contributed by atoms with Gasteiger partial charge >= 0.3 is 0 Å². The summed E-state index contributed by atoms with van der Waals surface area (Å²) in [5.74, 6) is 0.581. The van der Waals surface area contributed by atoms with Crippen molar-refractivity contribution in [2.45, 2.75) is 45.3 Å². The molecule has 1 aromatic rings. The minimum atomic E-state index is -0.245. The maximum atomic E-state index is 10.9. The highest BCUT2D eigenvalue weighted by atomic mass is 16.7. The van der Waals surface area contributed by atoms with Crippen molar-refractivity contribution in [2.24, 2.45) is 0 Å². The zero-order chi connectivity index (χ0) is 13.7. The Labute approximate surface area is 113 Å². The number of rotatable bonds is 5. The number of carbonyl (C=O) groups is 1. The third-order valence-electron chi connectivity index (χ3n) is 3.25. The molecule has 4 heteroatoms. The molecule has 2 rings (SSSR count). The molecule has 1 aliphatic heterocycles. The zero-order valence-electron chi connectivity index (χ0n) is 11.2. The minimum absolute atomic E-state index is 0.0411. The smallest absolute Gasteiger partial charge is 0.199 e. The molecular weight excluding hydrogens is 244 g/mol. The number of benzene rings is 1. The Morgan fingerprint density at radius 3 is 2.95 bits per heavy atom. The Morgan fingerprint density at radius 1 is 1.47 bits per heavy atom. The Hall–Kier alpha value is -1.55. The molecule has 19 heavy (non-hydrogen) atoms. The molecule has 1 N–H and O–H groups in total. The summed E-state index contributed by atoms with van der Waals surface area (Å²) in [5, 5.41) is 9.76. The lowest BCUT2D eigenvalue weighted by Gasteiger charge is -2.25. The second kappa shape index (κ2) is 6.57. The number of aromatic hydroxyl groups is 1. The van der Waals surface area contributed by atoms with Gasteiger partial charge in [-0.2, -0.15) is 0 Å². The van der Waals surface area contributed by atoms with E-state index in [4.69, 9.17) is 9.47 Å². The van der Waals surface area contributed by atoms with Gasteiger partial charge in [-0.05, 0) is 30.9 Å². The van der Waals surface area contributed by atoms with Crippen molar-refractivity contribution in [2.75, 3.05) is 6.61 Å². The molecule has 0 aliphatic carbocycles. The lowest BCUT2D eigenvalue weighted by molar-refractivity contribution is -0.106. The third-order valence-corrected chi connectivity index (χ3v) is 3.25. The van der Waals surface area contributed by atoms with Crippen LogP contribution in [0.15, 0.2) is 12.1 Å². The predicted molar refractivity (Wildman–Crippen MR) is 71.7 cm³/mol. The molecule has 0 unspecified atom stereocenters. The molecule has 0 bridgehead atoms. The van der Waals surface area contributed by atoms with Gasteiger partial charge in [0.15, 0.2) is 12.6 Å². The molecule has 104 valence electrons. The first-order valence-corrected chi connectivity index (χ1v) is 6.84. The average molecular weight is 264 g/mol. The van der Waals surface area contributed by atoms with Gasteiger partial charge in [-0.3, -0.25) is 4.79 Å². The summed E-state index contributed by atoms with van der Waals surface area (Å²) < 4.78 is 11.4. The third kappa shape index (κ3) is 3.47. The van der Waals surface area contributed by atoms with Crippen LogP contribution >= 0.6 is 0 Å². The van der Waals surface area contributed by atoms with E-state index in [0.717, 1.165) is 37.7 Å². The van der Waals surface area contributed by atoms with E-state index in [1.807, 2.05) is 0 Å². The SMILES string of the molecule is CCCc1cc(C=O)c(O)cc1O[C@@H]1CCCCO1. The number of aldehydes is 1. The van der Waals surface area contributed by atoms with Crippen LogP contribution in [-0.2, 0) is 11.2 Å². The first kappa shape index (κ1) is 13.9. The fraction of sp³-hybridized carbons (Fsp3) is 0.533. The Kier molecular flexibility index (Phi) is 4.80. The number of hydrogen-bond acceptors (Lipinski definition) is 4. The first-order chi connectivity index (χ1) is 9.24. The molecule has 0 radical (unpaired) electrons. The molecule has 1 fully saturated rings. The van der Waals surface area contributed by atoms with Crippen molar-refractivity contribution >= 4 is 6.29 Å². The highest BCUT2D eigenvalue weighted by Crippen LogP contribution is 2.30. The molecule has 0 amide bonds. The van der Waals surface area contributed by atoms with Crippen molar-refractivity contribution < 1.29 is 19.4 Å². The number of phenolic OH excluding ortho intramolecular Hbond substituents is 1. The van der Waals surface area contributed by atoms with Gasteiger partial charge in [0.1, 0.15) is 11.5 Å². The molecule has 1 aliphatic rings. The summed E-state index contributed by atoms with van der Waals surface area (Å²) in [4.78, 5) is 10.9. The van der Waals surface area contributed by atoms with E-state index in [-0.39, 0.29) is 12.0 Å². The summed E-state index contributed by atoms with van der Waals surface area (Å²) in [7, 11) is 0. The van der Waals surface area contributed by atoms with Gasteiger partial charge in [-0.25, -0.2) is 0 Å². The largest absolute Gasteiger partial charge is 0.507 e. The van der Waals surface area contributed by atoms with Gasteiger partial charge in [0, 0.05) is 12.5 Å². The van der Waals surface area contributed by atoms with Gasteiger partial charge in [0.2, 0.25) is 0 Å². The Bertz CT molecular complexity index is 436. The fourth-order valence-corrected chi connectivity index (χ4v) is 2.25. The second-order valence-electron chi connectivity index (χ2n) is 4.80. The van der Waals surface area contributed by atoms with E-state index in [0.29, 0.717) is 24.2 Å². The van der Waals surface area contributed by atoms with E-state index in [2.05, 4.69) is 6.92 Å². The first-order valence-electron chi connectivity index (χ1n) is 6.84. The summed E-state index contributed by atoms with van der Waals surface area (Å²) in [6, 6.07) is 3.22. The average Bonchev–Trinajstić information content (AvgIpc) is 2.43. The number of aryl methyl sites for hydroxylation is 1.